The molecule has 1 aliphatic heterocycles. The minimum atomic E-state index is -0.409. The van der Waals surface area contributed by atoms with Crippen molar-refractivity contribution in [2.24, 2.45) is 5.10 Å². The van der Waals surface area contributed by atoms with E-state index in [-0.39, 0.29) is 6.79 Å². The van der Waals surface area contributed by atoms with Crippen LogP contribution in [0, 0.1) is 0 Å². The number of rotatable bonds is 9. The largest absolute Gasteiger partial charge is 0.490 e. The van der Waals surface area contributed by atoms with Crippen molar-refractivity contribution in [3.63, 3.8) is 0 Å². The molecule has 0 aliphatic carbocycles. The number of halogens is 1. The van der Waals surface area contributed by atoms with E-state index in [1.165, 1.54) is 6.21 Å². The molecule has 0 atom stereocenters. The number of benzene rings is 2. The Morgan fingerprint density at radius 1 is 1.03 bits per heavy atom. The minimum absolute atomic E-state index is 0.182. The summed E-state index contributed by atoms with van der Waals surface area (Å²) in [6.07, 6.45) is 1.52. The maximum Gasteiger partial charge on any atom is 0.271 e. The fraction of sp³-hybridized carbons (Fsp3) is 0.333. The molecule has 0 bridgehead atoms. The summed E-state index contributed by atoms with van der Waals surface area (Å²) in [4.78, 5) is 12.7. The molecule has 2 aromatic carbocycles. The summed E-state index contributed by atoms with van der Waals surface area (Å²) in [6, 6.07) is 6.79. The van der Waals surface area contributed by atoms with Crippen molar-refractivity contribution in [2.75, 3.05) is 26.6 Å². The van der Waals surface area contributed by atoms with Crippen LogP contribution in [0.25, 0.3) is 0 Å². The molecule has 0 radical (unpaired) electrons. The van der Waals surface area contributed by atoms with Gasteiger partial charge >= 0.3 is 0 Å². The van der Waals surface area contributed by atoms with Gasteiger partial charge in [-0.2, -0.15) is 5.10 Å². The second-order valence-corrected chi connectivity index (χ2v) is 6.88. The van der Waals surface area contributed by atoms with Crippen LogP contribution in [-0.4, -0.2) is 38.7 Å². The van der Waals surface area contributed by atoms with Crippen molar-refractivity contribution in [3.8, 4) is 28.7 Å². The van der Waals surface area contributed by atoms with Gasteiger partial charge in [-0.3, -0.25) is 4.79 Å². The van der Waals surface area contributed by atoms with Crippen LogP contribution in [0.3, 0.4) is 0 Å². The lowest BCUT2D eigenvalue weighted by molar-refractivity contribution is 0.0954. The van der Waals surface area contributed by atoms with Gasteiger partial charge in [-0.1, -0.05) is 0 Å². The van der Waals surface area contributed by atoms with Gasteiger partial charge in [0.25, 0.3) is 5.91 Å². The van der Waals surface area contributed by atoms with E-state index in [9.17, 15) is 4.79 Å². The van der Waals surface area contributed by atoms with E-state index in [1.54, 1.807) is 24.3 Å². The molecule has 160 valence electrons. The number of nitrogens with one attached hydrogen (secondary N) is 1. The van der Waals surface area contributed by atoms with Crippen LogP contribution in [0.2, 0.25) is 0 Å². The first-order valence-electron chi connectivity index (χ1n) is 9.56. The number of amides is 1. The smallest absolute Gasteiger partial charge is 0.271 e. The van der Waals surface area contributed by atoms with Crippen molar-refractivity contribution in [1.82, 2.24) is 5.43 Å². The van der Waals surface area contributed by atoms with Crippen LogP contribution in [-0.2, 0) is 0 Å². The molecule has 1 aliphatic rings. The maximum atomic E-state index is 12.7. The van der Waals surface area contributed by atoms with Crippen molar-refractivity contribution in [2.45, 2.75) is 20.8 Å². The molecule has 1 N–H and O–H groups in total. The van der Waals surface area contributed by atoms with Crippen LogP contribution >= 0.6 is 15.9 Å². The molecular weight excluding hydrogens is 456 g/mol. The lowest BCUT2D eigenvalue weighted by atomic mass is 10.1. The highest BCUT2D eigenvalue weighted by Crippen LogP contribution is 2.39. The highest BCUT2D eigenvalue weighted by molar-refractivity contribution is 9.10. The zero-order valence-corrected chi connectivity index (χ0v) is 18.6. The number of fused-ring (bicyclic) bond motifs is 1. The molecule has 3 rings (SSSR count). The van der Waals surface area contributed by atoms with Gasteiger partial charge in [0.2, 0.25) is 12.5 Å². The van der Waals surface area contributed by atoms with Crippen LogP contribution in [0.4, 0.5) is 0 Å². The summed E-state index contributed by atoms with van der Waals surface area (Å²) >= 11 is 3.45. The third-order valence-electron chi connectivity index (χ3n) is 4.03. The van der Waals surface area contributed by atoms with Crippen molar-refractivity contribution in [1.29, 1.82) is 0 Å². The monoisotopic (exact) mass is 478 g/mol. The summed E-state index contributed by atoms with van der Waals surface area (Å²) in [5.74, 6) is 2.24. The number of hydrogen-bond donors (Lipinski definition) is 1. The molecule has 8 nitrogen and oxygen atoms in total. The highest BCUT2D eigenvalue weighted by atomic mass is 79.9. The SMILES string of the molecule is CCOc1cc(C(=O)N/N=C/c2cc3c(cc2Br)OCO3)cc(OCC)c1OCC. The van der Waals surface area contributed by atoms with Crippen LogP contribution < -0.4 is 29.1 Å². The first-order valence-corrected chi connectivity index (χ1v) is 10.4. The van der Waals surface area contributed by atoms with Crippen LogP contribution in [0.15, 0.2) is 33.8 Å². The third kappa shape index (κ3) is 4.96. The Bertz CT molecular complexity index is 920. The third-order valence-corrected chi connectivity index (χ3v) is 4.72. The minimum Gasteiger partial charge on any atom is -0.490 e. The van der Waals surface area contributed by atoms with E-state index in [1.807, 2.05) is 20.8 Å². The van der Waals surface area contributed by atoms with Crippen molar-refractivity contribution >= 4 is 28.1 Å². The molecule has 9 heteroatoms. The topological polar surface area (TPSA) is 87.6 Å². The second-order valence-electron chi connectivity index (χ2n) is 6.03. The maximum absolute atomic E-state index is 12.7. The van der Waals surface area contributed by atoms with E-state index < -0.39 is 5.91 Å². The Hall–Kier alpha value is -2.94. The van der Waals surface area contributed by atoms with Gasteiger partial charge in [0, 0.05) is 15.6 Å². The number of nitrogens with zero attached hydrogens (tertiary/aromatic N) is 1. The Balaban J connectivity index is 1.80. The number of carbonyl (C=O) groups is 1. The molecule has 2 aromatic rings. The standard InChI is InChI=1S/C21H23BrN2O6/c1-4-26-18-7-13(8-19(27-5-2)20(18)28-6-3)21(25)24-23-11-14-9-16-17(10-15(14)22)30-12-29-16/h7-11H,4-6,12H2,1-3H3,(H,24,25)/b23-11+. The molecule has 0 saturated carbocycles. The summed E-state index contributed by atoms with van der Waals surface area (Å²) in [5.41, 5.74) is 3.59. The Morgan fingerprint density at radius 2 is 1.63 bits per heavy atom. The van der Waals surface area contributed by atoms with E-state index in [0.29, 0.717) is 54.1 Å². The molecule has 0 unspecified atom stereocenters. The second kappa shape index (κ2) is 10.2. The van der Waals surface area contributed by atoms with Crippen LogP contribution in [0.1, 0.15) is 36.7 Å². The number of hydrogen-bond acceptors (Lipinski definition) is 7. The first kappa shape index (κ1) is 21.8. The number of hydrazone groups is 1. The molecule has 0 spiro atoms. The average molecular weight is 479 g/mol. The Kier molecular flexibility index (Phi) is 7.40. The van der Waals surface area contributed by atoms with Crippen LogP contribution in [0.5, 0.6) is 28.7 Å². The van der Waals surface area contributed by atoms with Gasteiger partial charge in [-0.05, 0) is 61.0 Å². The number of carbonyl (C=O) groups excluding carboxylic acids is 1. The fourth-order valence-electron chi connectivity index (χ4n) is 2.78. The Labute approximate surface area is 183 Å². The first-order chi connectivity index (χ1) is 14.6. The van der Waals surface area contributed by atoms with Crippen molar-refractivity contribution in [3.05, 3.63) is 39.9 Å². The molecule has 0 aromatic heterocycles. The van der Waals surface area contributed by atoms with Gasteiger partial charge in [-0.15, -0.1) is 0 Å². The molecule has 1 amide bonds. The normalized spacial score (nSPS) is 12.1. The molecule has 0 fully saturated rings. The van der Waals surface area contributed by atoms with E-state index >= 15 is 0 Å². The predicted molar refractivity (Wildman–Crippen MR) is 115 cm³/mol. The summed E-state index contributed by atoms with van der Waals surface area (Å²) in [7, 11) is 0. The molecule has 1 heterocycles. The highest BCUT2D eigenvalue weighted by Gasteiger charge is 2.19. The number of ether oxygens (including phenoxy) is 5. The van der Waals surface area contributed by atoms with Gasteiger partial charge in [0.1, 0.15) is 0 Å². The average Bonchev–Trinajstić information content (AvgIpc) is 3.17. The van der Waals surface area contributed by atoms with Gasteiger partial charge in [0.15, 0.2) is 23.0 Å². The molecule has 0 saturated heterocycles. The zero-order chi connectivity index (χ0) is 21.5. The summed E-state index contributed by atoms with van der Waals surface area (Å²) in [5, 5.41) is 4.05. The lowest BCUT2D eigenvalue weighted by Gasteiger charge is -2.16. The van der Waals surface area contributed by atoms with E-state index in [2.05, 4.69) is 26.5 Å². The predicted octanol–water partition coefficient (Wildman–Crippen LogP) is 4.14. The van der Waals surface area contributed by atoms with Crippen molar-refractivity contribution < 1.29 is 28.5 Å². The van der Waals surface area contributed by atoms with Gasteiger partial charge in [0.05, 0.1) is 26.0 Å². The Morgan fingerprint density at radius 3 is 2.23 bits per heavy atom. The van der Waals surface area contributed by atoms with Gasteiger partial charge < -0.3 is 23.7 Å². The zero-order valence-electron chi connectivity index (χ0n) is 17.0. The summed E-state index contributed by atoms with van der Waals surface area (Å²) in [6.45, 7) is 7.06. The quantitative estimate of drug-likeness (QED) is 0.430. The van der Waals surface area contributed by atoms with E-state index in [4.69, 9.17) is 23.7 Å². The molecule has 30 heavy (non-hydrogen) atoms. The molecular formula is C21H23BrN2O6. The van der Waals surface area contributed by atoms with Gasteiger partial charge in [-0.25, -0.2) is 5.43 Å². The van der Waals surface area contributed by atoms with E-state index in [0.717, 1.165) is 10.0 Å². The fourth-order valence-corrected chi connectivity index (χ4v) is 3.20. The lowest BCUT2D eigenvalue weighted by Crippen LogP contribution is -2.18. The summed E-state index contributed by atoms with van der Waals surface area (Å²) < 4.78 is 28.4.